The maximum atomic E-state index is 10.9. The molecule has 15 heavy (non-hydrogen) atoms. The fraction of sp³-hybridized carbons (Fsp3) is 0.800. The molecule has 8 nitrogen and oxygen atoms in total. The normalized spacial score (nSPS) is 14.0. The topological polar surface area (TPSA) is 165 Å². The van der Waals surface area contributed by atoms with Crippen LogP contribution in [0.2, 0.25) is 0 Å². The summed E-state index contributed by atoms with van der Waals surface area (Å²) >= 11 is 0. The zero-order valence-corrected chi connectivity index (χ0v) is 9.78. The van der Waals surface area contributed by atoms with Crippen LogP contribution in [-0.2, 0) is 9.13 Å². The molecule has 90 valence electrons. The van der Waals surface area contributed by atoms with Gasteiger partial charge in [-0.25, -0.2) is 0 Å². The molecule has 10 heteroatoms. The lowest BCUT2D eigenvalue weighted by atomic mass is 10.2. The Hall–Kier alpha value is -0.0700. The SMILES string of the molecule is CC(=N)CCC(N)(P(=O)(O)O)P(=O)(O)O. The van der Waals surface area contributed by atoms with Gasteiger partial charge in [0.15, 0.2) is 0 Å². The molecular formula is C5H14N2O6P2. The maximum Gasteiger partial charge on any atom is 0.357 e. The molecule has 0 atom stereocenters. The number of nitrogens with two attached hydrogens (primary N) is 1. The van der Waals surface area contributed by atoms with Gasteiger partial charge < -0.3 is 30.7 Å². The van der Waals surface area contributed by atoms with Gasteiger partial charge in [0.1, 0.15) is 0 Å². The summed E-state index contributed by atoms with van der Waals surface area (Å²) in [6, 6.07) is 0. The molecule has 0 fully saturated rings. The summed E-state index contributed by atoms with van der Waals surface area (Å²) in [4.78, 5) is 35.2. The lowest BCUT2D eigenvalue weighted by molar-refractivity contribution is 0.304. The number of rotatable bonds is 5. The van der Waals surface area contributed by atoms with E-state index in [1.54, 1.807) is 0 Å². The quantitative estimate of drug-likeness (QED) is 0.293. The van der Waals surface area contributed by atoms with E-state index >= 15 is 0 Å². The monoisotopic (exact) mass is 260 g/mol. The smallest absolute Gasteiger partial charge is 0.323 e. The van der Waals surface area contributed by atoms with Gasteiger partial charge >= 0.3 is 15.2 Å². The first kappa shape index (κ1) is 14.9. The zero-order chi connectivity index (χ0) is 12.5. The van der Waals surface area contributed by atoms with Crippen LogP contribution in [0.25, 0.3) is 0 Å². The summed E-state index contributed by atoms with van der Waals surface area (Å²) in [7, 11) is -10.3. The molecule has 0 heterocycles. The molecule has 0 aromatic heterocycles. The Morgan fingerprint density at radius 1 is 1.27 bits per heavy atom. The fourth-order valence-electron chi connectivity index (χ4n) is 0.832. The van der Waals surface area contributed by atoms with Gasteiger partial charge in [-0.1, -0.05) is 0 Å². The molecule has 0 saturated heterocycles. The van der Waals surface area contributed by atoms with Gasteiger partial charge in [-0.2, -0.15) is 0 Å². The maximum absolute atomic E-state index is 10.9. The first-order valence-electron chi connectivity index (χ1n) is 3.86. The van der Waals surface area contributed by atoms with E-state index in [-0.39, 0.29) is 12.1 Å². The standard InChI is InChI=1S/C5H14N2O6P2/c1-4(6)2-3-5(7,14(8,9)10)15(11,12)13/h6H,2-3,7H2,1H3,(H2,8,9,10)(H2,11,12,13). The van der Waals surface area contributed by atoms with Gasteiger partial charge in [-0.05, 0) is 19.8 Å². The summed E-state index contributed by atoms with van der Waals surface area (Å²) in [5, 5.41) is 4.12. The molecule has 0 aliphatic heterocycles. The second-order valence-electron chi connectivity index (χ2n) is 3.25. The Bertz CT molecular complexity index is 321. The highest BCUT2D eigenvalue weighted by Gasteiger charge is 2.56. The molecule has 7 N–H and O–H groups in total. The van der Waals surface area contributed by atoms with Crippen molar-refractivity contribution in [2.24, 2.45) is 5.73 Å². The molecule has 0 rings (SSSR count). The minimum atomic E-state index is -5.15. The van der Waals surface area contributed by atoms with Crippen LogP contribution in [0.4, 0.5) is 0 Å². The van der Waals surface area contributed by atoms with Crippen LogP contribution < -0.4 is 5.73 Å². The molecule has 0 aliphatic carbocycles. The molecule has 0 aromatic rings. The van der Waals surface area contributed by atoms with Crippen LogP contribution in [0.5, 0.6) is 0 Å². The van der Waals surface area contributed by atoms with Crippen LogP contribution in [0.15, 0.2) is 0 Å². The number of hydrogen-bond donors (Lipinski definition) is 6. The molecular weight excluding hydrogens is 246 g/mol. The Balaban J connectivity index is 5.16. The molecule has 0 unspecified atom stereocenters. The van der Waals surface area contributed by atoms with Crippen molar-refractivity contribution in [2.75, 3.05) is 0 Å². The zero-order valence-electron chi connectivity index (χ0n) is 7.99. The van der Waals surface area contributed by atoms with E-state index in [4.69, 9.17) is 30.7 Å². The highest BCUT2D eigenvalue weighted by Crippen LogP contribution is 2.67. The van der Waals surface area contributed by atoms with Crippen molar-refractivity contribution < 1.29 is 28.7 Å². The molecule has 0 spiro atoms. The van der Waals surface area contributed by atoms with Crippen LogP contribution in [0.3, 0.4) is 0 Å². The van der Waals surface area contributed by atoms with E-state index in [1.165, 1.54) is 6.92 Å². The van der Waals surface area contributed by atoms with Crippen LogP contribution in [0, 0.1) is 5.41 Å². The second-order valence-corrected chi connectivity index (χ2v) is 7.37. The van der Waals surface area contributed by atoms with Gasteiger partial charge in [0.05, 0.1) is 0 Å². The van der Waals surface area contributed by atoms with Crippen molar-refractivity contribution in [2.45, 2.75) is 24.8 Å². The van der Waals surface area contributed by atoms with Gasteiger partial charge in [0.25, 0.3) is 0 Å². The summed E-state index contributed by atoms with van der Waals surface area (Å²) in [5.74, 6) is 0. The summed E-state index contributed by atoms with van der Waals surface area (Å²) in [6.07, 6.45) is -0.830. The molecule has 0 aliphatic rings. The summed E-state index contributed by atoms with van der Waals surface area (Å²) in [5.41, 5.74) is 5.11. The van der Waals surface area contributed by atoms with Crippen LogP contribution in [-0.4, -0.2) is 30.3 Å². The Kier molecular flexibility index (Phi) is 4.41. The minimum absolute atomic E-state index is 0.0340. The third kappa shape index (κ3) is 3.46. The van der Waals surface area contributed by atoms with Crippen molar-refractivity contribution in [1.29, 1.82) is 5.41 Å². The molecule has 0 bridgehead atoms. The fourth-order valence-corrected chi connectivity index (χ4v) is 3.00. The predicted octanol–water partition coefficient (Wildman–Crippen LogP) is -0.226. The lowest BCUT2D eigenvalue weighted by Gasteiger charge is -2.30. The first-order chi connectivity index (χ1) is 6.42. The van der Waals surface area contributed by atoms with Crippen molar-refractivity contribution in [3.05, 3.63) is 0 Å². The minimum Gasteiger partial charge on any atom is -0.323 e. The Labute approximate surface area is 86.3 Å². The van der Waals surface area contributed by atoms with E-state index in [1.807, 2.05) is 0 Å². The van der Waals surface area contributed by atoms with Gasteiger partial charge in [0, 0.05) is 5.71 Å². The summed E-state index contributed by atoms with van der Waals surface area (Å²) in [6.45, 7) is 1.35. The predicted molar refractivity (Wildman–Crippen MR) is 53.6 cm³/mol. The average Bonchev–Trinajstić information content (AvgIpc) is 1.95. The van der Waals surface area contributed by atoms with Crippen molar-refractivity contribution >= 4 is 20.9 Å². The van der Waals surface area contributed by atoms with Gasteiger partial charge in [-0.15, -0.1) is 0 Å². The highest BCUT2D eigenvalue weighted by molar-refractivity contribution is 7.72. The largest absolute Gasteiger partial charge is 0.357 e. The van der Waals surface area contributed by atoms with Crippen molar-refractivity contribution in [3.63, 3.8) is 0 Å². The third-order valence-electron chi connectivity index (χ3n) is 1.88. The van der Waals surface area contributed by atoms with Crippen molar-refractivity contribution in [3.8, 4) is 0 Å². The molecule has 0 radical (unpaired) electrons. The molecule has 0 saturated carbocycles. The van der Waals surface area contributed by atoms with Gasteiger partial charge in [-0.3, -0.25) is 9.13 Å². The third-order valence-corrected chi connectivity index (χ3v) is 5.90. The first-order valence-corrected chi connectivity index (χ1v) is 7.08. The number of nitrogens with one attached hydrogen (secondary N) is 1. The van der Waals surface area contributed by atoms with Crippen LogP contribution in [0.1, 0.15) is 19.8 Å². The van der Waals surface area contributed by atoms with Crippen molar-refractivity contribution in [1.82, 2.24) is 0 Å². The van der Waals surface area contributed by atoms with E-state index in [9.17, 15) is 9.13 Å². The number of hydrogen-bond acceptors (Lipinski definition) is 4. The van der Waals surface area contributed by atoms with E-state index < -0.39 is 26.6 Å². The molecule has 0 aromatic carbocycles. The average molecular weight is 260 g/mol. The summed E-state index contributed by atoms with van der Waals surface area (Å²) < 4.78 is 21.8. The highest BCUT2D eigenvalue weighted by atomic mass is 31.2. The Morgan fingerprint density at radius 2 is 1.60 bits per heavy atom. The lowest BCUT2D eigenvalue weighted by Crippen LogP contribution is -2.39. The van der Waals surface area contributed by atoms with E-state index in [0.717, 1.165) is 0 Å². The van der Waals surface area contributed by atoms with E-state index in [0.29, 0.717) is 0 Å². The van der Waals surface area contributed by atoms with Crippen LogP contribution >= 0.6 is 15.2 Å². The second kappa shape index (κ2) is 4.43. The van der Waals surface area contributed by atoms with E-state index in [2.05, 4.69) is 0 Å². The molecule has 0 amide bonds. The van der Waals surface area contributed by atoms with Gasteiger partial charge in [0.2, 0.25) is 5.02 Å². The Morgan fingerprint density at radius 3 is 1.80 bits per heavy atom.